The van der Waals surface area contributed by atoms with Crippen molar-refractivity contribution in [2.75, 3.05) is 28.4 Å². The largest absolute Gasteiger partial charge is 0.507 e. The SMILES string of the molecule is COc1ccc([C@H]2Oc3cc(OC)cc(O)c3C(=O)[C@@H]2[C@H]2C(=O)c3c(O)cc(OC)cc3O[C@@H]2c2ccc(OC)cc2)cc1. The van der Waals surface area contributed by atoms with Gasteiger partial charge in [0, 0.05) is 24.3 Å². The lowest BCUT2D eigenvalue weighted by Gasteiger charge is -2.42. The van der Waals surface area contributed by atoms with E-state index in [0.29, 0.717) is 34.1 Å². The fourth-order valence-electron chi connectivity index (χ4n) is 5.94. The summed E-state index contributed by atoms with van der Waals surface area (Å²) < 4.78 is 34.2. The van der Waals surface area contributed by atoms with Gasteiger partial charge in [0.2, 0.25) is 0 Å². The number of methoxy groups -OCH3 is 4. The Labute approximate surface area is 253 Å². The van der Waals surface area contributed by atoms with Crippen molar-refractivity contribution in [3.8, 4) is 46.0 Å². The summed E-state index contributed by atoms with van der Waals surface area (Å²) in [6, 6.07) is 19.6. The molecule has 0 spiro atoms. The Kier molecular flexibility index (Phi) is 7.42. The topological polar surface area (TPSA) is 130 Å². The summed E-state index contributed by atoms with van der Waals surface area (Å²) in [7, 11) is 5.96. The van der Waals surface area contributed by atoms with Crippen LogP contribution in [0.15, 0.2) is 72.8 Å². The number of rotatable bonds is 7. The number of fused-ring (bicyclic) bond motifs is 2. The molecule has 0 saturated carbocycles. The zero-order valence-electron chi connectivity index (χ0n) is 24.4. The predicted molar refractivity (Wildman–Crippen MR) is 158 cm³/mol. The molecule has 226 valence electrons. The molecule has 4 aromatic rings. The first kappa shape index (κ1) is 28.7. The summed E-state index contributed by atoms with van der Waals surface area (Å²) in [5.74, 6) is -2.13. The summed E-state index contributed by atoms with van der Waals surface area (Å²) in [5.41, 5.74) is 1.02. The van der Waals surface area contributed by atoms with Crippen LogP contribution in [0.1, 0.15) is 44.1 Å². The lowest BCUT2D eigenvalue weighted by molar-refractivity contribution is 0.0129. The molecule has 6 rings (SSSR count). The summed E-state index contributed by atoms with van der Waals surface area (Å²) in [6.07, 6.45) is -1.99. The Bertz CT molecular complexity index is 1600. The van der Waals surface area contributed by atoms with E-state index in [4.69, 9.17) is 28.4 Å². The number of carbonyl (C=O) groups is 2. The molecule has 10 nitrogen and oxygen atoms in total. The maximum absolute atomic E-state index is 14.5. The molecule has 0 saturated heterocycles. The van der Waals surface area contributed by atoms with Gasteiger partial charge in [0.25, 0.3) is 0 Å². The van der Waals surface area contributed by atoms with Crippen LogP contribution in [0.2, 0.25) is 0 Å². The fraction of sp³-hybridized carbons (Fsp3) is 0.235. The molecule has 2 N–H and O–H groups in total. The van der Waals surface area contributed by atoms with Gasteiger partial charge in [-0.05, 0) is 35.4 Å². The van der Waals surface area contributed by atoms with Gasteiger partial charge < -0.3 is 38.6 Å². The summed E-state index contributed by atoms with van der Waals surface area (Å²) >= 11 is 0. The lowest BCUT2D eigenvalue weighted by atomic mass is 9.69. The summed E-state index contributed by atoms with van der Waals surface area (Å²) in [5, 5.41) is 21.9. The number of aromatic hydroxyl groups is 2. The van der Waals surface area contributed by atoms with Gasteiger partial charge >= 0.3 is 0 Å². The third-order valence-electron chi connectivity index (χ3n) is 8.12. The first-order valence-corrected chi connectivity index (χ1v) is 13.8. The van der Waals surface area contributed by atoms with Crippen molar-refractivity contribution in [1.82, 2.24) is 0 Å². The van der Waals surface area contributed by atoms with Gasteiger partial charge in [-0.3, -0.25) is 9.59 Å². The predicted octanol–water partition coefficient (Wildman–Crippen LogP) is 5.70. The molecule has 0 fully saturated rings. The fourth-order valence-corrected chi connectivity index (χ4v) is 5.94. The van der Waals surface area contributed by atoms with Crippen LogP contribution < -0.4 is 28.4 Å². The molecule has 4 aromatic carbocycles. The normalized spacial score (nSPS) is 20.5. The van der Waals surface area contributed by atoms with Crippen LogP contribution in [-0.4, -0.2) is 50.2 Å². The van der Waals surface area contributed by atoms with Gasteiger partial charge in [0.05, 0.1) is 40.3 Å². The second-order valence-electron chi connectivity index (χ2n) is 10.4. The number of phenolic OH excluding ortho intramolecular Hbond substituents is 2. The molecule has 10 heteroatoms. The van der Waals surface area contributed by atoms with Gasteiger partial charge in [-0.2, -0.15) is 0 Å². The van der Waals surface area contributed by atoms with E-state index in [1.54, 1.807) is 62.8 Å². The van der Waals surface area contributed by atoms with Gasteiger partial charge in [0.1, 0.15) is 69.3 Å². The monoisotopic (exact) mass is 598 g/mol. The number of ketones is 2. The van der Waals surface area contributed by atoms with Crippen LogP contribution in [0, 0.1) is 11.8 Å². The molecule has 2 aliphatic rings. The van der Waals surface area contributed by atoms with Crippen LogP contribution in [0.25, 0.3) is 0 Å². The minimum atomic E-state index is -1.19. The molecule has 0 aliphatic carbocycles. The Morgan fingerprint density at radius 3 is 1.18 bits per heavy atom. The minimum Gasteiger partial charge on any atom is -0.507 e. The Balaban J connectivity index is 1.57. The van der Waals surface area contributed by atoms with Gasteiger partial charge in [-0.15, -0.1) is 0 Å². The summed E-state index contributed by atoms with van der Waals surface area (Å²) in [4.78, 5) is 29.1. The molecule has 0 unspecified atom stereocenters. The zero-order valence-corrected chi connectivity index (χ0v) is 24.4. The van der Waals surface area contributed by atoms with Crippen molar-refractivity contribution in [2.45, 2.75) is 12.2 Å². The van der Waals surface area contributed by atoms with Crippen molar-refractivity contribution >= 4 is 11.6 Å². The highest BCUT2D eigenvalue weighted by atomic mass is 16.5. The van der Waals surface area contributed by atoms with E-state index >= 15 is 0 Å². The smallest absolute Gasteiger partial charge is 0.178 e. The number of benzene rings is 4. The molecule has 0 radical (unpaired) electrons. The number of Topliss-reactive ketones (excluding diaryl/α,β-unsaturated/α-hetero) is 2. The van der Waals surface area contributed by atoms with Crippen molar-refractivity contribution in [2.24, 2.45) is 11.8 Å². The molecule has 0 bridgehead atoms. The standard InChI is InChI=1S/C34H30O10/c1-39-19-9-5-17(6-10-19)33-29(31(37)27-23(35)13-21(41-3)15-25(27)43-33)30-32(38)28-24(36)14-22(42-4)16-26(28)44-34(30)18-7-11-20(40-2)12-8-18/h5-16,29-30,33-36H,1-4H3/t29-,30-,33+,34+/m0/s1. The molecular weight excluding hydrogens is 568 g/mol. The highest BCUT2D eigenvalue weighted by molar-refractivity contribution is 6.11. The number of carbonyl (C=O) groups excluding carboxylic acids is 2. The van der Waals surface area contributed by atoms with E-state index in [-0.39, 0.29) is 34.1 Å². The molecule has 0 amide bonds. The second kappa shape index (κ2) is 11.4. The van der Waals surface area contributed by atoms with E-state index in [1.165, 1.54) is 38.5 Å². The molecule has 4 atom stereocenters. The Morgan fingerprint density at radius 2 is 0.864 bits per heavy atom. The van der Waals surface area contributed by atoms with E-state index in [2.05, 4.69) is 0 Å². The first-order chi connectivity index (χ1) is 21.3. The van der Waals surface area contributed by atoms with Gasteiger partial charge in [-0.1, -0.05) is 24.3 Å². The summed E-state index contributed by atoms with van der Waals surface area (Å²) in [6.45, 7) is 0. The Morgan fingerprint density at radius 1 is 0.523 bits per heavy atom. The van der Waals surface area contributed by atoms with Crippen LogP contribution in [0.5, 0.6) is 46.0 Å². The number of hydrogen-bond donors (Lipinski definition) is 2. The van der Waals surface area contributed by atoms with Gasteiger partial charge in [0.15, 0.2) is 11.6 Å². The van der Waals surface area contributed by atoms with Crippen molar-refractivity contribution < 1.29 is 48.2 Å². The lowest BCUT2D eigenvalue weighted by Crippen LogP contribution is -2.45. The quantitative estimate of drug-likeness (QED) is 0.273. The van der Waals surface area contributed by atoms with E-state index < -0.39 is 35.6 Å². The zero-order chi connectivity index (χ0) is 31.1. The van der Waals surface area contributed by atoms with E-state index in [1.807, 2.05) is 0 Å². The maximum Gasteiger partial charge on any atom is 0.178 e. The molecule has 2 aliphatic heterocycles. The van der Waals surface area contributed by atoms with Crippen LogP contribution in [0.3, 0.4) is 0 Å². The number of ether oxygens (including phenoxy) is 6. The molecule has 0 aromatic heterocycles. The highest BCUT2D eigenvalue weighted by Crippen LogP contribution is 2.53. The van der Waals surface area contributed by atoms with Crippen molar-refractivity contribution in [3.05, 3.63) is 95.1 Å². The van der Waals surface area contributed by atoms with Crippen LogP contribution in [-0.2, 0) is 0 Å². The Hall–Kier alpha value is -5.38. The molecule has 44 heavy (non-hydrogen) atoms. The molecular formula is C34H30O10. The van der Waals surface area contributed by atoms with E-state index in [0.717, 1.165) is 0 Å². The van der Waals surface area contributed by atoms with Crippen LogP contribution in [0.4, 0.5) is 0 Å². The second-order valence-corrected chi connectivity index (χ2v) is 10.4. The first-order valence-electron chi connectivity index (χ1n) is 13.8. The number of phenols is 2. The van der Waals surface area contributed by atoms with Gasteiger partial charge in [-0.25, -0.2) is 0 Å². The average Bonchev–Trinajstić information content (AvgIpc) is 3.04. The maximum atomic E-state index is 14.5. The van der Waals surface area contributed by atoms with Crippen molar-refractivity contribution in [3.63, 3.8) is 0 Å². The highest BCUT2D eigenvalue weighted by Gasteiger charge is 2.53. The van der Waals surface area contributed by atoms with Crippen LogP contribution >= 0.6 is 0 Å². The third kappa shape index (κ3) is 4.78. The molecule has 2 heterocycles. The minimum absolute atomic E-state index is 0.0772. The average molecular weight is 599 g/mol. The van der Waals surface area contributed by atoms with Crippen molar-refractivity contribution in [1.29, 1.82) is 0 Å². The number of hydrogen-bond acceptors (Lipinski definition) is 10. The third-order valence-corrected chi connectivity index (χ3v) is 8.12. The van der Waals surface area contributed by atoms with E-state index in [9.17, 15) is 19.8 Å².